The van der Waals surface area contributed by atoms with Crippen LogP contribution in [-0.2, 0) is 5.41 Å². The lowest BCUT2D eigenvalue weighted by Crippen LogP contribution is -2.14. The van der Waals surface area contributed by atoms with E-state index in [2.05, 4.69) is 182 Å². The fourth-order valence-corrected chi connectivity index (χ4v) is 8.11. The Hall–Kier alpha value is -5.86. The zero-order valence-corrected chi connectivity index (χ0v) is 27.5. The van der Waals surface area contributed by atoms with Gasteiger partial charge in [-0.1, -0.05) is 105 Å². The molecule has 1 aliphatic rings. The van der Waals surface area contributed by atoms with E-state index in [-0.39, 0.29) is 5.41 Å². The predicted molar refractivity (Wildman–Crippen MR) is 205 cm³/mol. The summed E-state index contributed by atoms with van der Waals surface area (Å²) >= 11 is 0. The highest BCUT2D eigenvalue weighted by Gasteiger charge is 2.36. The van der Waals surface area contributed by atoms with E-state index in [0.29, 0.717) is 0 Å². The number of rotatable bonds is 5. The zero-order valence-electron chi connectivity index (χ0n) is 27.5. The number of para-hydroxylation sites is 3. The molecule has 0 saturated heterocycles. The molecule has 0 radical (unpaired) electrons. The molecule has 0 saturated carbocycles. The van der Waals surface area contributed by atoms with E-state index < -0.39 is 0 Å². The van der Waals surface area contributed by atoms with Crippen LogP contribution < -0.4 is 0 Å². The summed E-state index contributed by atoms with van der Waals surface area (Å²) in [5, 5.41) is 3.76. The number of fused-ring (bicyclic) bond motifs is 7. The van der Waals surface area contributed by atoms with Crippen LogP contribution in [0.5, 0.6) is 0 Å². The van der Waals surface area contributed by atoms with Crippen molar-refractivity contribution in [1.29, 1.82) is 0 Å². The SMILES string of the molecule is C=Cc1c(/C=C(\C)c2ccc3c(c2)c2cc4c(cc2n3-c2ccccc2)C(C)(C)c2ccccc2-4)c2ccccc2n1-c1ccccc1. The minimum Gasteiger partial charge on any atom is -0.309 e. The predicted octanol–water partition coefficient (Wildman–Crippen LogP) is 12.2. The second-order valence-corrected chi connectivity index (χ2v) is 13.5. The maximum absolute atomic E-state index is 4.26. The molecule has 0 spiro atoms. The van der Waals surface area contributed by atoms with E-state index in [1.165, 1.54) is 77.3 Å². The molecule has 48 heavy (non-hydrogen) atoms. The van der Waals surface area contributed by atoms with Gasteiger partial charge in [0.1, 0.15) is 0 Å². The van der Waals surface area contributed by atoms with Gasteiger partial charge < -0.3 is 9.13 Å². The van der Waals surface area contributed by atoms with Crippen molar-refractivity contribution in [3.05, 3.63) is 174 Å². The lowest BCUT2D eigenvalue weighted by molar-refractivity contribution is 0.661. The van der Waals surface area contributed by atoms with Crippen molar-refractivity contribution in [1.82, 2.24) is 9.13 Å². The molecule has 0 amide bonds. The second kappa shape index (κ2) is 10.6. The van der Waals surface area contributed by atoms with Crippen molar-refractivity contribution in [3.63, 3.8) is 0 Å². The van der Waals surface area contributed by atoms with Crippen molar-refractivity contribution < 1.29 is 0 Å². The molecule has 2 heteroatoms. The largest absolute Gasteiger partial charge is 0.309 e. The summed E-state index contributed by atoms with van der Waals surface area (Å²) in [4.78, 5) is 0. The zero-order chi connectivity index (χ0) is 32.6. The molecule has 0 fully saturated rings. The van der Waals surface area contributed by atoms with Crippen molar-refractivity contribution in [2.75, 3.05) is 0 Å². The number of nitrogens with zero attached hydrogens (tertiary/aromatic N) is 2. The quantitative estimate of drug-likeness (QED) is 0.182. The first-order valence-corrected chi connectivity index (χ1v) is 16.7. The van der Waals surface area contributed by atoms with Crippen LogP contribution >= 0.6 is 0 Å². The van der Waals surface area contributed by atoms with Crippen LogP contribution in [0.4, 0.5) is 0 Å². The summed E-state index contributed by atoms with van der Waals surface area (Å²) in [6, 6.07) is 50.8. The van der Waals surface area contributed by atoms with Gasteiger partial charge in [-0.3, -0.25) is 0 Å². The lowest BCUT2D eigenvalue weighted by atomic mass is 9.82. The molecular formula is C46H36N2. The first kappa shape index (κ1) is 28.4. The van der Waals surface area contributed by atoms with Gasteiger partial charge >= 0.3 is 0 Å². The lowest BCUT2D eigenvalue weighted by Gasteiger charge is -2.21. The topological polar surface area (TPSA) is 9.86 Å². The van der Waals surface area contributed by atoms with E-state index in [1.54, 1.807) is 0 Å². The number of benzene rings is 6. The average molecular weight is 617 g/mol. The van der Waals surface area contributed by atoms with Gasteiger partial charge in [-0.2, -0.15) is 0 Å². The first-order chi connectivity index (χ1) is 23.5. The van der Waals surface area contributed by atoms with Gasteiger partial charge in [0.25, 0.3) is 0 Å². The van der Waals surface area contributed by atoms with Crippen molar-refractivity contribution in [3.8, 4) is 22.5 Å². The van der Waals surface area contributed by atoms with Crippen LogP contribution in [0.15, 0.2) is 146 Å². The molecule has 230 valence electrons. The molecule has 2 aromatic heterocycles. The molecule has 1 aliphatic carbocycles. The molecule has 0 unspecified atom stereocenters. The van der Waals surface area contributed by atoms with Crippen molar-refractivity contribution in [2.45, 2.75) is 26.2 Å². The van der Waals surface area contributed by atoms with Crippen LogP contribution in [-0.4, -0.2) is 9.13 Å². The Kier molecular flexibility index (Phi) is 6.26. The van der Waals surface area contributed by atoms with Crippen LogP contribution in [0.2, 0.25) is 0 Å². The summed E-state index contributed by atoms with van der Waals surface area (Å²) in [6.45, 7) is 11.2. The Morgan fingerprint density at radius 2 is 1.19 bits per heavy atom. The van der Waals surface area contributed by atoms with E-state index in [4.69, 9.17) is 0 Å². The molecule has 6 aromatic carbocycles. The Balaban J connectivity index is 1.28. The van der Waals surface area contributed by atoms with Gasteiger partial charge in [0.05, 0.1) is 22.2 Å². The first-order valence-electron chi connectivity index (χ1n) is 16.7. The minimum absolute atomic E-state index is 0.0651. The number of hydrogen-bond acceptors (Lipinski definition) is 0. The summed E-state index contributed by atoms with van der Waals surface area (Å²) < 4.78 is 4.76. The molecule has 0 bridgehead atoms. The molecule has 0 N–H and O–H groups in total. The third-order valence-electron chi connectivity index (χ3n) is 10.5. The Bertz CT molecular complexity index is 2590. The molecule has 2 heterocycles. The minimum atomic E-state index is -0.0651. The van der Waals surface area contributed by atoms with Gasteiger partial charge in [0, 0.05) is 38.5 Å². The van der Waals surface area contributed by atoms with Crippen LogP contribution in [0, 0.1) is 0 Å². The molecule has 0 atom stereocenters. The van der Waals surface area contributed by atoms with Crippen LogP contribution in [0.1, 0.15) is 48.7 Å². The maximum atomic E-state index is 4.26. The van der Waals surface area contributed by atoms with Crippen molar-refractivity contribution in [2.24, 2.45) is 0 Å². The number of hydrogen-bond donors (Lipinski definition) is 0. The van der Waals surface area contributed by atoms with E-state index in [0.717, 1.165) is 11.4 Å². The normalized spacial score (nSPS) is 13.7. The molecule has 8 aromatic rings. The smallest absolute Gasteiger partial charge is 0.0544 e. The van der Waals surface area contributed by atoms with Crippen LogP contribution in [0.25, 0.3) is 72.9 Å². The number of aromatic nitrogens is 2. The highest BCUT2D eigenvalue weighted by molar-refractivity contribution is 6.13. The maximum Gasteiger partial charge on any atom is 0.0544 e. The standard InChI is InChI=1S/C46H36N2/c1-5-42-37(35-21-13-15-23-43(35)47(42)32-16-8-6-9-17-32)26-30(2)31-24-25-44-38(27-31)39-28-36-34-20-12-14-22-40(34)46(3,4)41(36)29-45(39)48(44)33-18-10-7-11-19-33/h5-29H,1H2,2-4H3/b30-26+. The fourth-order valence-electron chi connectivity index (χ4n) is 8.11. The molecular weight excluding hydrogens is 581 g/mol. The third kappa shape index (κ3) is 4.06. The van der Waals surface area contributed by atoms with Gasteiger partial charge in [-0.15, -0.1) is 0 Å². The van der Waals surface area contributed by atoms with E-state index >= 15 is 0 Å². The Morgan fingerprint density at radius 3 is 1.94 bits per heavy atom. The Labute approximate surface area is 281 Å². The summed E-state index contributed by atoms with van der Waals surface area (Å²) in [7, 11) is 0. The average Bonchev–Trinajstić information content (AvgIpc) is 3.70. The molecule has 0 aliphatic heterocycles. The highest BCUT2D eigenvalue weighted by Crippen LogP contribution is 2.51. The van der Waals surface area contributed by atoms with Crippen molar-refractivity contribution >= 4 is 50.4 Å². The van der Waals surface area contributed by atoms with Gasteiger partial charge in [-0.05, 0) is 107 Å². The van der Waals surface area contributed by atoms with Crippen LogP contribution in [0.3, 0.4) is 0 Å². The Morgan fingerprint density at radius 1 is 0.562 bits per heavy atom. The summed E-state index contributed by atoms with van der Waals surface area (Å²) in [6.07, 6.45) is 4.33. The third-order valence-corrected chi connectivity index (χ3v) is 10.5. The molecule has 9 rings (SSSR count). The van der Waals surface area contributed by atoms with Gasteiger partial charge in [0.2, 0.25) is 0 Å². The van der Waals surface area contributed by atoms with E-state index in [9.17, 15) is 0 Å². The highest BCUT2D eigenvalue weighted by atomic mass is 15.0. The summed E-state index contributed by atoms with van der Waals surface area (Å²) in [5.74, 6) is 0. The van der Waals surface area contributed by atoms with Gasteiger partial charge in [-0.25, -0.2) is 0 Å². The van der Waals surface area contributed by atoms with E-state index in [1.807, 2.05) is 6.08 Å². The second-order valence-electron chi connectivity index (χ2n) is 13.5. The number of allylic oxidation sites excluding steroid dienone is 1. The van der Waals surface area contributed by atoms with Gasteiger partial charge in [0.15, 0.2) is 0 Å². The summed E-state index contributed by atoms with van der Waals surface area (Å²) in [5.41, 5.74) is 16.1. The monoisotopic (exact) mass is 616 g/mol. The fraction of sp³-hybridized carbons (Fsp3) is 0.0870. The molecule has 2 nitrogen and oxygen atoms in total.